The Morgan fingerprint density at radius 3 is 2.55 bits per heavy atom. The fourth-order valence-corrected chi connectivity index (χ4v) is 2.47. The molecule has 2 rings (SSSR count). The SMILES string of the molecule is NC(=S)c1cc(F)ccc1NC(=O)c1ccccc1I. The van der Waals surface area contributed by atoms with Crippen LogP contribution in [-0.2, 0) is 0 Å². The van der Waals surface area contributed by atoms with Crippen LogP contribution < -0.4 is 11.1 Å². The number of hydrogen-bond acceptors (Lipinski definition) is 2. The number of amides is 1. The minimum absolute atomic E-state index is 0.0301. The number of carbonyl (C=O) groups excluding carboxylic acids is 1. The summed E-state index contributed by atoms with van der Waals surface area (Å²) < 4.78 is 14.0. The zero-order valence-electron chi connectivity index (χ0n) is 10.2. The summed E-state index contributed by atoms with van der Waals surface area (Å²) in [4.78, 5) is 12.2. The predicted molar refractivity (Wildman–Crippen MR) is 89.4 cm³/mol. The molecule has 0 aromatic heterocycles. The average molecular weight is 400 g/mol. The lowest BCUT2D eigenvalue weighted by atomic mass is 10.1. The standard InChI is InChI=1S/C14H10FIN2OS/c15-8-5-6-12(10(7-8)13(17)20)18-14(19)9-3-1-2-4-11(9)16/h1-7H,(H2,17,20)(H,18,19). The molecule has 102 valence electrons. The van der Waals surface area contributed by atoms with Crippen LogP contribution in [0.2, 0.25) is 0 Å². The highest BCUT2D eigenvalue weighted by Gasteiger charge is 2.13. The lowest BCUT2D eigenvalue weighted by Gasteiger charge is -2.11. The number of nitrogens with two attached hydrogens (primary N) is 1. The molecule has 0 aliphatic rings. The molecule has 6 heteroatoms. The highest BCUT2D eigenvalue weighted by Crippen LogP contribution is 2.19. The zero-order valence-corrected chi connectivity index (χ0v) is 13.2. The van der Waals surface area contributed by atoms with E-state index in [1.54, 1.807) is 12.1 Å². The van der Waals surface area contributed by atoms with Gasteiger partial charge in [-0.25, -0.2) is 4.39 Å². The van der Waals surface area contributed by atoms with Crippen molar-refractivity contribution in [1.82, 2.24) is 0 Å². The maximum atomic E-state index is 13.2. The van der Waals surface area contributed by atoms with Gasteiger partial charge >= 0.3 is 0 Å². The Bertz CT molecular complexity index is 691. The molecule has 1 amide bonds. The Kier molecular flexibility index (Phi) is 4.66. The van der Waals surface area contributed by atoms with E-state index in [2.05, 4.69) is 27.9 Å². The van der Waals surface area contributed by atoms with Crippen LogP contribution in [-0.4, -0.2) is 10.9 Å². The van der Waals surface area contributed by atoms with Crippen molar-refractivity contribution in [2.45, 2.75) is 0 Å². The highest BCUT2D eigenvalue weighted by atomic mass is 127. The first-order valence-electron chi connectivity index (χ1n) is 5.64. The van der Waals surface area contributed by atoms with E-state index in [9.17, 15) is 9.18 Å². The van der Waals surface area contributed by atoms with Gasteiger partial charge in [0.25, 0.3) is 5.91 Å². The van der Waals surface area contributed by atoms with Gasteiger partial charge in [-0.2, -0.15) is 0 Å². The summed E-state index contributed by atoms with van der Waals surface area (Å²) in [7, 11) is 0. The third kappa shape index (κ3) is 3.31. The summed E-state index contributed by atoms with van der Waals surface area (Å²) in [5.41, 5.74) is 6.77. The van der Waals surface area contributed by atoms with Crippen molar-refractivity contribution in [2.75, 3.05) is 5.32 Å². The normalized spacial score (nSPS) is 10.1. The molecule has 20 heavy (non-hydrogen) atoms. The molecule has 0 fully saturated rings. The van der Waals surface area contributed by atoms with Gasteiger partial charge < -0.3 is 11.1 Å². The molecule has 0 heterocycles. The smallest absolute Gasteiger partial charge is 0.256 e. The van der Waals surface area contributed by atoms with Crippen molar-refractivity contribution in [1.29, 1.82) is 0 Å². The molecule has 3 N–H and O–H groups in total. The van der Waals surface area contributed by atoms with E-state index in [-0.39, 0.29) is 10.9 Å². The van der Waals surface area contributed by atoms with E-state index in [0.29, 0.717) is 16.8 Å². The Hall–Kier alpha value is -1.54. The molecule has 0 atom stereocenters. The second kappa shape index (κ2) is 6.27. The summed E-state index contributed by atoms with van der Waals surface area (Å²) in [6, 6.07) is 11.0. The van der Waals surface area contributed by atoms with Crippen molar-refractivity contribution in [3.05, 3.63) is 63.0 Å². The van der Waals surface area contributed by atoms with Gasteiger partial charge in [0, 0.05) is 9.13 Å². The molecule has 0 saturated carbocycles. The summed E-state index contributed by atoms with van der Waals surface area (Å²) in [5.74, 6) is -0.751. The van der Waals surface area contributed by atoms with Gasteiger partial charge in [-0.15, -0.1) is 0 Å². The maximum absolute atomic E-state index is 13.2. The molecule has 0 aliphatic carbocycles. The first kappa shape index (κ1) is 14.9. The number of nitrogens with one attached hydrogen (secondary N) is 1. The van der Waals surface area contributed by atoms with E-state index >= 15 is 0 Å². The summed E-state index contributed by atoms with van der Waals surface area (Å²) in [6.07, 6.45) is 0. The molecule has 2 aromatic rings. The quantitative estimate of drug-likeness (QED) is 0.614. The molecule has 0 bridgehead atoms. The van der Waals surface area contributed by atoms with Crippen molar-refractivity contribution in [3.63, 3.8) is 0 Å². The van der Waals surface area contributed by atoms with Crippen molar-refractivity contribution < 1.29 is 9.18 Å². The lowest BCUT2D eigenvalue weighted by Crippen LogP contribution is -2.18. The number of thiocarbonyl (C=S) groups is 1. The monoisotopic (exact) mass is 400 g/mol. The largest absolute Gasteiger partial charge is 0.389 e. The van der Waals surface area contributed by atoms with Crippen LogP contribution in [0.4, 0.5) is 10.1 Å². The van der Waals surface area contributed by atoms with Crippen LogP contribution in [0, 0.1) is 9.39 Å². The van der Waals surface area contributed by atoms with Crippen LogP contribution in [0.25, 0.3) is 0 Å². The van der Waals surface area contributed by atoms with Gasteiger partial charge in [0.05, 0.1) is 11.3 Å². The van der Waals surface area contributed by atoms with Gasteiger partial charge in [-0.3, -0.25) is 4.79 Å². The maximum Gasteiger partial charge on any atom is 0.256 e. The summed E-state index contributed by atoms with van der Waals surface area (Å²) >= 11 is 6.94. The van der Waals surface area contributed by atoms with Gasteiger partial charge in [-0.1, -0.05) is 24.4 Å². The Morgan fingerprint density at radius 1 is 1.20 bits per heavy atom. The average Bonchev–Trinajstić information content (AvgIpc) is 2.41. The molecule has 0 radical (unpaired) electrons. The first-order chi connectivity index (χ1) is 9.49. The molecule has 0 saturated heterocycles. The summed E-state index contributed by atoms with van der Waals surface area (Å²) in [5, 5.41) is 2.70. The van der Waals surface area contributed by atoms with E-state index in [1.807, 2.05) is 12.1 Å². The minimum atomic E-state index is -0.458. The van der Waals surface area contributed by atoms with Crippen LogP contribution in [0.15, 0.2) is 42.5 Å². The van der Waals surface area contributed by atoms with Gasteiger partial charge in [0.2, 0.25) is 0 Å². The van der Waals surface area contributed by atoms with E-state index in [0.717, 1.165) is 3.57 Å². The van der Waals surface area contributed by atoms with Crippen LogP contribution >= 0.6 is 34.8 Å². The van der Waals surface area contributed by atoms with Gasteiger partial charge in [-0.05, 0) is 52.9 Å². The fraction of sp³-hybridized carbons (Fsp3) is 0. The molecule has 3 nitrogen and oxygen atoms in total. The topological polar surface area (TPSA) is 55.1 Å². The number of carbonyl (C=O) groups is 1. The van der Waals surface area contributed by atoms with Crippen molar-refractivity contribution >= 4 is 51.4 Å². The predicted octanol–water partition coefficient (Wildman–Crippen LogP) is 3.32. The number of anilines is 1. The second-order valence-corrected chi connectivity index (χ2v) is 5.59. The molecule has 2 aromatic carbocycles. The van der Waals surface area contributed by atoms with E-state index in [4.69, 9.17) is 18.0 Å². The van der Waals surface area contributed by atoms with Gasteiger partial charge in [0.15, 0.2) is 0 Å². The molecule has 0 aliphatic heterocycles. The third-order valence-electron chi connectivity index (χ3n) is 2.61. The Morgan fingerprint density at radius 2 is 1.90 bits per heavy atom. The lowest BCUT2D eigenvalue weighted by molar-refractivity contribution is 0.102. The highest BCUT2D eigenvalue weighted by molar-refractivity contribution is 14.1. The summed E-state index contributed by atoms with van der Waals surface area (Å²) in [6.45, 7) is 0. The number of benzene rings is 2. The van der Waals surface area contributed by atoms with E-state index < -0.39 is 5.82 Å². The van der Waals surface area contributed by atoms with Gasteiger partial charge in [0.1, 0.15) is 10.8 Å². The third-order valence-corrected chi connectivity index (χ3v) is 3.77. The molecular formula is C14H10FIN2OS. The number of rotatable bonds is 3. The van der Waals surface area contributed by atoms with Crippen molar-refractivity contribution in [3.8, 4) is 0 Å². The number of hydrogen-bond donors (Lipinski definition) is 2. The Labute approximate surface area is 134 Å². The molecule has 0 spiro atoms. The Balaban J connectivity index is 2.33. The van der Waals surface area contributed by atoms with Crippen LogP contribution in [0.1, 0.15) is 15.9 Å². The molecular weight excluding hydrogens is 390 g/mol. The minimum Gasteiger partial charge on any atom is -0.389 e. The number of halogens is 2. The van der Waals surface area contributed by atoms with Crippen molar-refractivity contribution in [2.24, 2.45) is 5.73 Å². The second-order valence-electron chi connectivity index (χ2n) is 3.99. The first-order valence-corrected chi connectivity index (χ1v) is 7.13. The zero-order chi connectivity index (χ0) is 14.7. The van der Waals surface area contributed by atoms with Crippen LogP contribution in [0.3, 0.4) is 0 Å². The fourth-order valence-electron chi connectivity index (χ4n) is 1.66. The van der Waals surface area contributed by atoms with Crippen LogP contribution in [0.5, 0.6) is 0 Å². The van der Waals surface area contributed by atoms with E-state index in [1.165, 1.54) is 18.2 Å². The molecule has 0 unspecified atom stereocenters.